The first-order chi connectivity index (χ1) is 13.5. The molecule has 1 aliphatic heterocycles. The maximum absolute atomic E-state index is 12.7. The molecule has 0 saturated heterocycles. The molecule has 0 bridgehead atoms. The Labute approximate surface area is 168 Å². The normalized spacial score (nSPS) is 25.2. The van der Waals surface area contributed by atoms with E-state index in [1.165, 1.54) is 0 Å². The average Bonchev–Trinajstić information content (AvgIpc) is 3.19. The van der Waals surface area contributed by atoms with E-state index in [1.807, 2.05) is 19.1 Å². The molecule has 1 unspecified atom stereocenters. The number of ether oxygens (including phenoxy) is 1. The summed E-state index contributed by atoms with van der Waals surface area (Å²) in [6.07, 6.45) is 4.40. The molecule has 1 aromatic carbocycles. The number of nitrogens with one attached hydrogen (secondary N) is 2. The molecule has 2 aliphatic rings. The molecule has 1 aromatic heterocycles. The topological polar surface area (TPSA) is 80.6 Å². The van der Waals surface area contributed by atoms with Gasteiger partial charge in [0.15, 0.2) is 0 Å². The maximum atomic E-state index is 12.7. The zero-order chi connectivity index (χ0) is 19.7. The standard InChI is InChI=1S/C21H23ClN2O4/c1-13(17-3-2-10-27-17)24-19(25)14-6-8-21(9-7-14)12-23-20(26)16-11-15(22)4-5-18(16)28-21/h2-5,10-11,13-14H,6-9,12H2,1H3,(H,23,26)(H,24,25). The van der Waals surface area contributed by atoms with Gasteiger partial charge in [-0.3, -0.25) is 9.59 Å². The van der Waals surface area contributed by atoms with Crippen molar-refractivity contribution in [3.8, 4) is 5.75 Å². The summed E-state index contributed by atoms with van der Waals surface area (Å²) in [5.41, 5.74) is -0.0328. The van der Waals surface area contributed by atoms with E-state index < -0.39 is 5.60 Å². The molecule has 2 aromatic rings. The van der Waals surface area contributed by atoms with Crippen molar-refractivity contribution < 1.29 is 18.7 Å². The molecule has 6 nitrogen and oxygen atoms in total. The van der Waals surface area contributed by atoms with E-state index in [9.17, 15) is 9.59 Å². The number of furan rings is 1. The van der Waals surface area contributed by atoms with Crippen LogP contribution in [0.15, 0.2) is 41.0 Å². The van der Waals surface area contributed by atoms with Gasteiger partial charge in [0.25, 0.3) is 5.91 Å². The minimum Gasteiger partial charge on any atom is -0.485 e. The first-order valence-corrected chi connectivity index (χ1v) is 9.94. The van der Waals surface area contributed by atoms with E-state index in [2.05, 4.69) is 10.6 Å². The van der Waals surface area contributed by atoms with Crippen LogP contribution in [0.2, 0.25) is 5.02 Å². The quantitative estimate of drug-likeness (QED) is 0.816. The van der Waals surface area contributed by atoms with Crippen molar-refractivity contribution in [2.45, 2.75) is 44.2 Å². The van der Waals surface area contributed by atoms with Crippen LogP contribution in [0.25, 0.3) is 0 Å². The molecule has 1 fully saturated rings. The largest absolute Gasteiger partial charge is 0.485 e. The molecule has 7 heteroatoms. The van der Waals surface area contributed by atoms with E-state index in [-0.39, 0.29) is 23.8 Å². The molecule has 2 amide bonds. The van der Waals surface area contributed by atoms with Gasteiger partial charge in [0.1, 0.15) is 17.1 Å². The Kier molecular flexibility index (Phi) is 5.06. The van der Waals surface area contributed by atoms with Crippen molar-refractivity contribution in [3.63, 3.8) is 0 Å². The Balaban J connectivity index is 1.41. The SMILES string of the molecule is CC(NC(=O)C1CCC2(CC1)CNC(=O)c1cc(Cl)ccc1O2)c1ccco1. The molecule has 2 N–H and O–H groups in total. The van der Waals surface area contributed by atoms with Crippen molar-refractivity contribution in [1.29, 1.82) is 0 Å². The molecule has 4 rings (SSSR count). The molecule has 1 atom stereocenters. The number of hydrogen-bond donors (Lipinski definition) is 2. The van der Waals surface area contributed by atoms with Crippen LogP contribution in [-0.2, 0) is 4.79 Å². The molecular formula is C21H23ClN2O4. The maximum Gasteiger partial charge on any atom is 0.255 e. The number of fused-ring (bicyclic) bond motifs is 1. The van der Waals surface area contributed by atoms with Crippen LogP contribution in [0.3, 0.4) is 0 Å². The van der Waals surface area contributed by atoms with Gasteiger partial charge in [0.2, 0.25) is 5.91 Å². The summed E-state index contributed by atoms with van der Waals surface area (Å²) >= 11 is 6.02. The van der Waals surface area contributed by atoms with Gasteiger partial charge >= 0.3 is 0 Å². The van der Waals surface area contributed by atoms with E-state index in [1.54, 1.807) is 24.5 Å². The lowest BCUT2D eigenvalue weighted by atomic mass is 9.78. The minimum atomic E-state index is -0.488. The van der Waals surface area contributed by atoms with Gasteiger partial charge in [-0.1, -0.05) is 11.6 Å². The molecule has 2 heterocycles. The molecule has 1 aliphatic carbocycles. The highest BCUT2D eigenvalue weighted by Gasteiger charge is 2.42. The van der Waals surface area contributed by atoms with Gasteiger partial charge in [-0.15, -0.1) is 0 Å². The predicted octanol–water partition coefficient (Wildman–Crippen LogP) is 3.86. The number of rotatable bonds is 3. The summed E-state index contributed by atoms with van der Waals surface area (Å²) in [5, 5.41) is 6.47. The second kappa shape index (κ2) is 7.51. The fourth-order valence-corrected chi connectivity index (χ4v) is 4.17. The smallest absolute Gasteiger partial charge is 0.255 e. The number of halogens is 1. The Morgan fingerprint density at radius 2 is 2.11 bits per heavy atom. The highest BCUT2D eigenvalue weighted by molar-refractivity contribution is 6.31. The van der Waals surface area contributed by atoms with Crippen LogP contribution in [0.1, 0.15) is 54.8 Å². The lowest BCUT2D eigenvalue weighted by molar-refractivity contribution is -0.128. The van der Waals surface area contributed by atoms with Crippen LogP contribution in [0.4, 0.5) is 0 Å². The van der Waals surface area contributed by atoms with Crippen LogP contribution < -0.4 is 15.4 Å². The van der Waals surface area contributed by atoms with Crippen molar-refractivity contribution in [2.75, 3.05) is 6.54 Å². The summed E-state index contributed by atoms with van der Waals surface area (Å²) in [7, 11) is 0. The third kappa shape index (κ3) is 3.74. The van der Waals surface area contributed by atoms with Gasteiger partial charge in [-0.2, -0.15) is 0 Å². The third-order valence-electron chi connectivity index (χ3n) is 5.68. The van der Waals surface area contributed by atoms with Crippen LogP contribution >= 0.6 is 11.6 Å². The number of carbonyl (C=O) groups is 2. The van der Waals surface area contributed by atoms with Crippen molar-refractivity contribution in [1.82, 2.24) is 10.6 Å². The van der Waals surface area contributed by atoms with E-state index >= 15 is 0 Å². The third-order valence-corrected chi connectivity index (χ3v) is 5.92. The number of hydrogen-bond acceptors (Lipinski definition) is 4. The summed E-state index contributed by atoms with van der Waals surface area (Å²) < 4.78 is 11.6. The molecule has 28 heavy (non-hydrogen) atoms. The summed E-state index contributed by atoms with van der Waals surface area (Å²) in [6.45, 7) is 2.34. The Morgan fingerprint density at radius 3 is 2.82 bits per heavy atom. The fourth-order valence-electron chi connectivity index (χ4n) is 4.00. The van der Waals surface area contributed by atoms with Crippen LogP contribution in [-0.4, -0.2) is 24.0 Å². The van der Waals surface area contributed by atoms with E-state index in [0.29, 0.717) is 48.6 Å². The highest BCUT2D eigenvalue weighted by Crippen LogP contribution is 2.39. The monoisotopic (exact) mass is 402 g/mol. The Hall–Kier alpha value is -2.47. The van der Waals surface area contributed by atoms with E-state index in [4.69, 9.17) is 20.8 Å². The van der Waals surface area contributed by atoms with Gasteiger partial charge in [-0.25, -0.2) is 0 Å². The molecular weight excluding hydrogens is 380 g/mol. The first-order valence-electron chi connectivity index (χ1n) is 9.56. The predicted molar refractivity (Wildman–Crippen MR) is 104 cm³/mol. The average molecular weight is 403 g/mol. The fraction of sp³-hybridized carbons (Fsp3) is 0.429. The second-order valence-corrected chi connectivity index (χ2v) is 8.06. The number of carbonyl (C=O) groups excluding carboxylic acids is 2. The second-order valence-electron chi connectivity index (χ2n) is 7.63. The molecule has 0 radical (unpaired) electrons. The van der Waals surface area contributed by atoms with Crippen molar-refractivity contribution in [3.05, 3.63) is 52.9 Å². The summed E-state index contributed by atoms with van der Waals surface area (Å²) in [6, 6.07) is 8.59. The van der Waals surface area contributed by atoms with Gasteiger partial charge in [0, 0.05) is 10.9 Å². The lowest BCUT2D eigenvalue weighted by Crippen LogP contribution is -2.49. The van der Waals surface area contributed by atoms with Gasteiger partial charge in [-0.05, 0) is 62.9 Å². The lowest BCUT2D eigenvalue weighted by Gasteiger charge is -2.39. The van der Waals surface area contributed by atoms with Crippen LogP contribution in [0, 0.1) is 5.92 Å². The summed E-state index contributed by atoms with van der Waals surface area (Å²) in [5.74, 6) is 1.07. The molecule has 1 saturated carbocycles. The first kappa shape index (κ1) is 18.9. The number of benzene rings is 1. The molecule has 148 valence electrons. The van der Waals surface area contributed by atoms with Gasteiger partial charge in [0.05, 0.1) is 24.4 Å². The van der Waals surface area contributed by atoms with Crippen molar-refractivity contribution in [2.24, 2.45) is 5.92 Å². The Bertz CT molecular complexity index is 873. The Morgan fingerprint density at radius 1 is 1.32 bits per heavy atom. The van der Waals surface area contributed by atoms with Crippen molar-refractivity contribution >= 4 is 23.4 Å². The highest BCUT2D eigenvalue weighted by atomic mass is 35.5. The summed E-state index contributed by atoms with van der Waals surface area (Å²) in [4.78, 5) is 25.0. The zero-order valence-corrected chi connectivity index (χ0v) is 16.4. The minimum absolute atomic E-state index is 0.0311. The van der Waals surface area contributed by atoms with Crippen LogP contribution in [0.5, 0.6) is 5.75 Å². The van der Waals surface area contributed by atoms with Gasteiger partial charge < -0.3 is 19.8 Å². The number of amides is 2. The van der Waals surface area contributed by atoms with E-state index in [0.717, 1.165) is 5.76 Å². The zero-order valence-electron chi connectivity index (χ0n) is 15.7. The molecule has 1 spiro atoms.